The molecule has 6 nitrogen and oxygen atoms in total. The Morgan fingerprint density at radius 1 is 1.30 bits per heavy atom. The van der Waals surface area contributed by atoms with Gasteiger partial charge in [-0.1, -0.05) is 19.1 Å². The van der Waals surface area contributed by atoms with Crippen molar-refractivity contribution in [3.8, 4) is 0 Å². The fourth-order valence-corrected chi connectivity index (χ4v) is 3.77. The average molecular weight is 394 g/mol. The van der Waals surface area contributed by atoms with Gasteiger partial charge in [-0.25, -0.2) is 4.79 Å². The van der Waals surface area contributed by atoms with E-state index >= 15 is 0 Å². The molecule has 1 aliphatic carbocycles. The number of H-pyrrole nitrogens is 1. The number of hydrogen-bond donors (Lipinski definition) is 2. The van der Waals surface area contributed by atoms with E-state index in [0.29, 0.717) is 31.5 Å². The summed E-state index contributed by atoms with van der Waals surface area (Å²) in [6.45, 7) is 8.79. The molecule has 0 saturated carbocycles. The molecule has 1 aliphatic heterocycles. The topological polar surface area (TPSA) is 74.4 Å². The summed E-state index contributed by atoms with van der Waals surface area (Å²) < 4.78 is 5.30. The van der Waals surface area contributed by atoms with Gasteiger partial charge in [0.1, 0.15) is 5.60 Å². The minimum Gasteiger partial charge on any atom is -0.444 e. The van der Waals surface area contributed by atoms with Gasteiger partial charge in [-0.3, -0.25) is 4.79 Å². The molecule has 7 heteroatoms. The second-order valence-electron chi connectivity index (χ2n) is 8.33. The molecule has 2 atom stereocenters. The molecule has 0 bridgehead atoms. The quantitative estimate of drug-likeness (QED) is 0.748. The zero-order valence-corrected chi connectivity index (χ0v) is 17.1. The maximum absolute atomic E-state index is 13.0. The van der Waals surface area contributed by atoms with Crippen LogP contribution in [0, 0.1) is 0 Å². The van der Waals surface area contributed by atoms with E-state index in [-0.39, 0.29) is 23.2 Å². The van der Waals surface area contributed by atoms with Gasteiger partial charge in [-0.05, 0) is 33.6 Å². The molecule has 27 heavy (non-hydrogen) atoms. The number of alkyl carbamates (subject to hydrolysis) is 1. The third-order valence-corrected chi connectivity index (χ3v) is 5.59. The number of allylic oxidation sites excluding steroid dienone is 1. The van der Waals surface area contributed by atoms with Crippen LogP contribution < -0.4 is 5.32 Å². The third-order valence-electron chi connectivity index (χ3n) is 5.07. The van der Waals surface area contributed by atoms with Crippen molar-refractivity contribution >= 4 is 29.7 Å². The molecule has 0 radical (unpaired) electrons. The molecule has 0 spiro atoms. The van der Waals surface area contributed by atoms with E-state index in [1.165, 1.54) is 0 Å². The first-order chi connectivity index (χ1) is 12.7. The molecule has 148 valence electrons. The molecule has 3 rings (SSSR count). The summed E-state index contributed by atoms with van der Waals surface area (Å²) in [7, 11) is 0. The number of alkyl halides is 1. The van der Waals surface area contributed by atoms with Gasteiger partial charge in [0.05, 0.1) is 10.9 Å². The second kappa shape index (κ2) is 7.58. The number of halogens is 1. The van der Waals surface area contributed by atoms with Crippen molar-refractivity contribution in [1.29, 1.82) is 0 Å². The molecule has 2 amide bonds. The van der Waals surface area contributed by atoms with Crippen LogP contribution in [0.1, 0.15) is 68.1 Å². The number of aromatic nitrogens is 1. The summed E-state index contributed by atoms with van der Waals surface area (Å²) in [5, 5.41) is 2.84. The first-order valence-corrected chi connectivity index (χ1v) is 9.91. The number of fused-ring (bicyclic) bond motifs is 1. The first-order valence-electron chi connectivity index (χ1n) is 9.48. The lowest BCUT2D eigenvalue weighted by molar-refractivity contribution is 0.0473. The predicted octanol–water partition coefficient (Wildman–Crippen LogP) is 3.88. The van der Waals surface area contributed by atoms with Gasteiger partial charge in [-0.2, -0.15) is 0 Å². The Morgan fingerprint density at radius 3 is 2.59 bits per heavy atom. The number of nitrogens with zero attached hydrogens (tertiary/aromatic N) is 1. The summed E-state index contributed by atoms with van der Waals surface area (Å²) in [4.78, 5) is 30.0. The Bertz CT molecular complexity index is 742. The van der Waals surface area contributed by atoms with Gasteiger partial charge in [0.15, 0.2) is 0 Å². The lowest BCUT2D eigenvalue weighted by Crippen LogP contribution is -2.47. The van der Waals surface area contributed by atoms with Crippen LogP contribution in [0.5, 0.6) is 0 Å². The molecule has 2 aliphatic rings. The number of rotatable bonds is 2. The van der Waals surface area contributed by atoms with E-state index in [1.807, 2.05) is 37.8 Å². The van der Waals surface area contributed by atoms with Gasteiger partial charge in [-0.15, -0.1) is 11.6 Å². The normalized spacial score (nSPS) is 23.1. The van der Waals surface area contributed by atoms with E-state index in [4.69, 9.17) is 16.3 Å². The number of ether oxygens (including phenoxy) is 1. The zero-order chi connectivity index (χ0) is 19.8. The minimum atomic E-state index is -0.513. The number of amides is 2. The summed E-state index contributed by atoms with van der Waals surface area (Å²) in [5.74, 6) is 0.171. The second-order valence-corrected chi connectivity index (χ2v) is 8.84. The van der Waals surface area contributed by atoms with E-state index < -0.39 is 11.7 Å². The lowest BCUT2D eigenvalue weighted by atomic mass is 9.92. The fourth-order valence-electron chi connectivity index (χ4n) is 3.57. The van der Waals surface area contributed by atoms with Crippen molar-refractivity contribution in [2.75, 3.05) is 13.1 Å². The molecule has 2 unspecified atom stereocenters. The number of carbonyl (C=O) groups is 2. The Hall–Kier alpha value is -1.95. The highest BCUT2D eigenvalue weighted by Gasteiger charge is 2.30. The Kier molecular flexibility index (Phi) is 5.56. The maximum atomic E-state index is 13.0. The first kappa shape index (κ1) is 19.8. The Morgan fingerprint density at radius 2 is 1.96 bits per heavy atom. The third kappa shape index (κ3) is 4.49. The summed E-state index contributed by atoms with van der Waals surface area (Å²) in [6.07, 6.45) is 6.69. The van der Waals surface area contributed by atoms with Gasteiger partial charge < -0.3 is 19.9 Å². The number of carbonyl (C=O) groups excluding carboxylic acids is 2. The summed E-state index contributed by atoms with van der Waals surface area (Å²) in [5.41, 5.74) is 2.14. The lowest BCUT2D eigenvalue weighted by Gasteiger charge is -2.33. The predicted molar refractivity (Wildman–Crippen MR) is 106 cm³/mol. The van der Waals surface area contributed by atoms with E-state index in [9.17, 15) is 9.59 Å². The number of hydrogen-bond acceptors (Lipinski definition) is 3. The highest BCUT2D eigenvalue weighted by Crippen LogP contribution is 2.34. The van der Waals surface area contributed by atoms with Crippen LogP contribution in [-0.2, 0) is 4.74 Å². The van der Waals surface area contributed by atoms with Crippen molar-refractivity contribution in [2.45, 2.75) is 63.5 Å². The average Bonchev–Trinajstić information content (AvgIpc) is 3.01. The van der Waals surface area contributed by atoms with E-state index in [2.05, 4.69) is 17.2 Å². The van der Waals surface area contributed by atoms with Crippen molar-refractivity contribution in [2.24, 2.45) is 0 Å². The van der Waals surface area contributed by atoms with Crippen LogP contribution in [-0.4, -0.2) is 52.0 Å². The largest absolute Gasteiger partial charge is 0.444 e. The van der Waals surface area contributed by atoms with Crippen molar-refractivity contribution in [3.05, 3.63) is 29.1 Å². The molecular formula is C20H28ClN3O3. The molecule has 2 heterocycles. The van der Waals surface area contributed by atoms with Crippen LogP contribution in [0.15, 0.2) is 12.3 Å². The van der Waals surface area contributed by atoms with E-state index in [1.54, 1.807) is 6.20 Å². The van der Waals surface area contributed by atoms with Crippen molar-refractivity contribution in [1.82, 2.24) is 15.2 Å². The minimum absolute atomic E-state index is 0.0214. The summed E-state index contributed by atoms with van der Waals surface area (Å²) >= 11 is 6.28. The highest BCUT2D eigenvalue weighted by atomic mass is 35.5. The zero-order valence-electron chi connectivity index (χ0n) is 16.3. The van der Waals surface area contributed by atoms with Crippen LogP contribution >= 0.6 is 11.6 Å². The van der Waals surface area contributed by atoms with E-state index in [0.717, 1.165) is 11.3 Å². The van der Waals surface area contributed by atoms with Crippen molar-refractivity contribution in [3.63, 3.8) is 0 Å². The number of piperidine rings is 1. The maximum Gasteiger partial charge on any atom is 0.407 e. The van der Waals surface area contributed by atoms with Crippen LogP contribution in [0.4, 0.5) is 4.79 Å². The Labute approximate surface area is 165 Å². The molecule has 1 aromatic rings. The van der Waals surface area contributed by atoms with Crippen LogP contribution in [0.3, 0.4) is 0 Å². The summed E-state index contributed by atoms with van der Waals surface area (Å²) in [6, 6.07) is 0.0287. The highest BCUT2D eigenvalue weighted by molar-refractivity contribution is 6.23. The number of nitrogens with one attached hydrogen (secondary N) is 2. The smallest absolute Gasteiger partial charge is 0.407 e. The Balaban J connectivity index is 1.58. The van der Waals surface area contributed by atoms with Crippen LogP contribution in [0.25, 0.3) is 6.08 Å². The molecule has 1 fully saturated rings. The number of likely N-dealkylation sites (tertiary alicyclic amines) is 1. The van der Waals surface area contributed by atoms with Gasteiger partial charge in [0, 0.05) is 42.5 Å². The molecule has 1 aromatic heterocycles. The SMILES string of the molecule is CC1c2[nH]cc(C(=O)N3CCC(NC(=O)OC(C)(C)C)CC3)c2C=CC1Cl. The fraction of sp³-hybridized carbons (Fsp3) is 0.600. The molecule has 0 aromatic carbocycles. The molecule has 2 N–H and O–H groups in total. The van der Waals surface area contributed by atoms with Gasteiger partial charge in [0.2, 0.25) is 0 Å². The van der Waals surface area contributed by atoms with Crippen LogP contribution in [0.2, 0.25) is 0 Å². The number of aromatic amines is 1. The van der Waals surface area contributed by atoms with Gasteiger partial charge in [0.25, 0.3) is 5.91 Å². The molecule has 1 saturated heterocycles. The van der Waals surface area contributed by atoms with Gasteiger partial charge >= 0.3 is 6.09 Å². The molecular weight excluding hydrogens is 366 g/mol. The monoisotopic (exact) mass is 393 g/mol. The van der Waals surface area contributed by atoms with Crippen molar-refractivity contribution < 1.29 is 14.3 Å². The standard InChI is InChI=1S/C20H28ClN3O3/c1-12-16(21)6-5-14-15(11-22-17(12)14)18(25)24-9-7-13(8-10-24)23-19(26)27-20(2,3)4/h5-6,11-13,16,22H,7-10H2,1-4H3,(H,23,26).